The summed E-state index contributed by atoms with van der Waals surface area (Å²) in [6.07, 6.45) is 0. The number of nitrogens with zero attached hydrogens (tertiary/aromatic N) is 2. The number of hydrogen-bond donors (Lipinski definition) is 0. The van der Waals surface area contributed by atoms with Crippen molar-refractivity contribution < 1.29 is 9.53 Å². The van der Waals surface area contributed by atoms with Gasteiger partial charge in [0.05, 0.1) is 7.11 Å². The molecule has 1 saturated heterocycles. The third-order valence-corrected chi connectivity index (χ3v) is 6.91. The number of methoxy groups -OCH3 is 1. The maximum Gasteiger partial charge on any atom is 0.253 e. The maximum atomic E-state index is 13.6. The molecule has 4 heteroatoms. The van der Waals surface area contributed by atoms with Gasteiger partial charge in [0.25, 0.3) is 5.91 Å². The zero-order chi connectivity index (χ0) is 24.8. The van der Waals surface area contributed by atoms with E-state index in [-0.39, 0.29) is 5.91 Å². The van der Waals surface area contributed by atoms with Crippen molar-refractivity contribution in [2.24, 2.45) is 11.8 Å². The molecule has 0 aromatic heterocycles. The highest BCUT2D eigenvalue weighted by Crippen LogP contribution is 2.35. The van der Waals surface area contributed by atoms with Crippen molar-refractivity contribution in [2.45, 2.75) is 33.2 Å². The van der Waals surface area contributed by atoms with Crippen molar-refractivity contribution >= 4 is 5.91 Å². The molecule has 0 saturated carbocycles. The minimum absolute atomic E-state index is 0.136. The Balaban J connectivity index is 1.56. The Labute approximate surface area is 210 Å². The lowest BCUT2D eigenvalue weighted by Gasteiger charge is -2.30. The average Bonchev–Trinajstić information content (AvgIpc) is 3.26. The van der Waals surface area contributed by atoms with E-state index in [0.29, 0.717) is 17.8 Å². The second-order valence-electron chi connectivity index (χ2n) is 10.3. The zero-order valence-corrected chi connectivity index (χ0v) is 21.5. The number of benzene rings is 3. The van der Waals surface area contributed by atoms with Crippen LogP contribution in [0.4, 0.5) is 0 Å². The van der Waals surface area contributed by atoms with Crippen LogP contribution < -0.4 is 4.74 Å². The number of hydrogen-bond acceptors (Lipinski definition) is 3. The largest absolute Gasteiger partial charge is 0.497 e. The van der Waals surface area contributed by atoms with Crippen molar-refractivity contribution in [1.82, 2.24) is 9.80 Å². The zero-order valence-electron chi connectivity index (χ0n) is 21.5. The van der Waals surface area contributed by atoms with Crippen LogP contribution in [0.15, 0.2) is 78.9 Å². The molecule has 1 aliphatic rings. The van der Waals surface area contributed by atoms with Crippen LogP contribution >= 0.6 is 0 Å². The predicted molar refractivity (Wildman–Crippen MR) is 143 cm³/mol. The van der Waals surface area contributed by atoms with Gasteiger partial charge in [-0.1, -0.05) is 74.0 Å². The van der Waals surface area contributed by atoms with Gasteiger partial charge in [-0.3, -0.25) is 9.69 Å². The highest BCUT2D eigenvalue weighted by molar-refractivity contribution is 5.94. The quantitative estimate of drug-likeness (QED) is 0.383. The van der Waals surface area contributed by atoms with Gasteiger partial charge in [-0.15, -0.1) is 0 Å². The SMILES string of the molecule is COc1cccc(CN2C[C@@H](CN(CC(C)C)C(=O)c3ccc(C)cc3)[C@@H](c3ccccc3)C2)c1. The Bertz CT molecular complexity index is 1090. The predicted octanol–water partition coefficient (Wildman–Crippen LogP) is 6.02. The van der Waals surface area contributed by atoms with E-state index in [4.69, 9.17) is 4.74 Å². The summed E-state index contributed by atoms with van der Waals surface area (Å²) in [7, 11) is 1.71. The molecule has 1 amide bonds. The van der Waals surface area contributed by atoms with Gasteiger partial charge in [-0.05, 0) is 54.2 Å². The highest BCUT2D eigenvalue weighted by Gasteiger charge is 2.36. The van der Waals surface area contributed by atoms with E-state index < -0.39 is 0 Å². The minimum Gasteiger partial charge on any atom is -0.497 e. The standard InChI is InChI=1S/C31H38N2O2/c1-23(2)18-33(31(34)27-15-13-24(3)14-16-27)21-28-20-32(19-25-9-8-12-29(17-25)35-4)22-30(28)26-10-6-5-7-11-26/h5-17,23,28,30H,18-22H2,1-4H3/t28-,30+/m0/s1. The summed E-state index contributed by atoms with van der Waals surface area (Å²) >= 11 is 0. The number of rotatable bonds is 9. The summed E-state index contributed by atoms with van der Waals surface area (Å²) in [4.78, 5) is 18.2. The molecule has 1 heterocycles. The molecule has 3 aromatic rings. The van der Waals surface area contributed by atoms with Gasteiger partial charge >= 0.3 is 0 Å². The number of amides is 1. The molecule has 1 aliphatic heterocycles. The topological polar surface area (TPSA) is 32.8 Å². The molecule has 0 unspecified atom stereocenters. The van der Waals surface area contributed by atoms with Gasteiger partial charge in [-0.25, -0.2) is 0 Å². The molecule has 2 atom stereocenters. The average molecular weight is 471 g/mol. The van der Waals surface area contributed by atoms with E-state index in [1.165, 1.54) is 16.7 Å². The van der Waals surface area contributed by atoms with Crippen molar-refractivity contribution in [2.75, 3.05) is 33.3 Å². The fourth-order valence-electron chi connectivity index (χ4n) is 5.22. The van der Waals surface area contributed by atoms with Crippen molar-refractivity contribution in [3.05, 3.63) is 101 Å². The molecule has 0 bridgehead atoms. The van der Waals surface area contributed by atoms with Crippen molar-refractivity contribution in [3.8, 4) is 5.75 Å². The molecule has 184 valence electrons. The fraction of sp³-hybridized carbons (Fsp3) is 0.387. The Morgan fingerprint density at radius 3 is 2.43 bits per heavy atom. The van der Waals surface area contributed by atoms with Crippen molar-refractivity contribution in [3.63, 3.8) is 0 Å². The summed E-state index contributed by atoms with van der Waals surface area (Å²) < 4.78 is 5.43. The summed E-state index contributed by atoms with van der Waals surface area (Å²) in [5, 5.41) is 0. The number of carbonyl (C=O) groups excluding carboxylic acids is 1. The van der Waals surface area contributed by atoms with Gasteiger partial charge in [0.1, 0.15) is 5.75 Å². The van der Waals surface area contributed by atoms with Crippen LogP contribution in [0.5, 0.6) is 5.75 Å². The lowest BCUT2D eigenvalue weighted by atomic mass is 9.88. The molecule has 0 spiro atoms. The maximum absolute atomic E-state index is 13.6. The Kier molecular flexibility index (Phi) is 8.25. The van der Waals surface area contributed by atoms with E-state index in [9.17, 15) is 4.79 Å². The van der Waals surface area contributed by atoms with Crippen LogP contribution in [0.2, 0.25) is 0 Å². The molecule has 35 heavy (non-hydrogen) atoms. The summed E-state index contributed by atoms with van der Waals surface area (Å²) in [5.74, 6) is 2.20. The number of aryl methyl sites for hydroxylation is 1. The Hall–Kier alpha value is -3.11. The lowest BCUT2D eigenvalue weighted by molar-refractivity contribution is 0.0703. The normalized spacial score (nSPS) is 18.1. The molecule has 0 N–H and O–H groups in total. The molecule has 1 fully saturated rings. The van der Waals surface area contributed by atoms with E-state index in [1.807, 2.05) is 30.3 Å². The third-order valence-electron chi connectivity index (χ3n) is 6.91. The van der Waals surface area contributed by atoms with E-state index in [1.54, 1.807) is 7.11 Å². The second kappa shape index (κ2) is 11.5. The monoisotopic (exact) mass is 470 g/mol. The summed E-state index contributed by atoms with van der Waals surface area (Å²) in [5.41, 5.74) is 4.56. The second-order valence-corrected chi connectivity index (χ2v) is 10.3. The van der Waals surface area contributed by atoms with Crippen LogP contribution in [-0.4, -0.2) is 49.0 Å². The Morgan fingerprint density at radius 1 is 1.00 bits per heavy atom. The number of ether oxygens (including phenoxy) is 1. The molecule has 3 aromatic carbocycles. The minimum atomic E-state index is 0.136. The molecule has 4 nitrogen and oxygen atoms in total. The van der Waals surface area contributed by atoms with E-state index in [2.05, 4.69) is 79.1 Å². The first-order valence-electron chi connectivity index (χ1n) is 12.7. The molecule has 4 rings (SSSR count). The van der Waals surface area contributed by atoms with E-state index in [0.717, 1.165) is 44.0 Å². The van der Waals surface area contributed by atoms with Crippen LogP contribution in [0, 0.1) is 18.8 Å². The van der Waals surface area contributed by atoms with Crippen LogP contribution in [0.25, 0.3) is 0 Å². The molecule has 0 aliphatic carbocycles. The highest BCUT2D eigenvalue weighted by atomic mass is 16.5. The smallest absolute Gasteiger partial charge is 0.253 e. The number of likely N-dealkylation sites (tertiary alicyclic amines) is 1. The van der Waals surface area contributed by atoms with Crippen LogP contribution in [-0.2, 0) is 6.54 Å². The third kappa shape index (κ3) is 6.52. The first-order valence-corrected chi connectivity index (χ1v) is 12.7. The first-order chi connectivity index (χ1) is 16.9. The number of carbonyl (C=O) groups is 1. The van der Waals surface area contributed by atoms with Crippen molar-refractivity contribution in [1.29, 1.82) is 0 Å². The van der Waals surface area contributed by atoms with Gasteiger partial charge in [-0.2, -0.15) is 0 Å². The fourth-order valence-corrected chi connectivity index (χ4v) is 5.22. The molecular formula is C31H38N2O2. The molecular weight excluding hydrogens is 432 g/mol. The van der Waals surface area contributed by atoms with Gasteiger partial charge in [0.2, 0.25) is 0 Å². The van der Waals surface area contributed by atoms with Gasteiger partial charge < -0.3 is 9.64 Å². The van der Waals surface area contributed by atoms with Crippen LogP contribution in [0.3, 0.4) is 0 Å². The van der Waals surface area contributed by atoms with Crippen LogP contribution in [0.1, 0.15) is 46.8 Å². The Morgan fingerprint density at radius 2 is 1.74 bits per heavy atom. The first kappa shape index (κ1) is 25.0. The summed E-state index contributed by atoms with van der Waals surface area (Å²) in [6.45, 7) is 10.8. The summed E-state index contributed by atoms with van der Waals surface area (Å²) in [6, 6.07) is 27.1. The van der Waals surface area contributed by atoms with Gasteiger partial charge in [0.15, 0.2) is 0 Å². The van der Waals surface area contributed by atoms with E-state index >= 15 is 0 Å². The molecule has 0 radical (unpaired) electrons. The van der Waals surface area contributed by atoms with Gasteiger partial charge in [0, 0.05) is 44.2 Å². The lowest BCUT2D eigenvalue weighted by Crippen LogP contribution is -2.39.